The van der Waals surface area contributed by atoms with Gasteiger partial charge in [-0.05, 0) is 61.5 Å². The molecule has 4 aromatic rings. The maximum absolute atomic E-state index is 13.4. The quantitative estimate of drug-likeness (QED) is 0.197. The number of amides is 2. The van der Waals surface area contributed by atoms with Crippen LogP contribution in [-0.4, -0.2) is 44.9 Å². The van der Waals surface area contributed by atoms with Gasteiger partial charge in [-0.3, -0.25) is 14.2 Å². The Morgan fingerprint density at radius 3 is 2.34 bits per heavy atom. The van der Waals surface area contributed by atoms with E-state index in [0.717, 1.165) is 23.9 Å². The zero-order valence-corrected chi connectivity index (χ0v) is 22.5. The van der Waals surface area contributed by atoms with Crippen LogP contribution in [0.3, 0.4) is 0 Å². The number of hydrogen-bond donors (Lipinski definition) is 2. The van der Waals surface area contributed by atoms with E-state index < -0.39 is 29.5 Å². The summed E-state index contributed by atoms with van der Waals surface area (Å²) in [6.07, 6.45) is -4.58. The number of ether oxygens (including phenoxy) is 1. The van der Waals surface area contributed by atoms with Crippen LogP contribution in [0.2, 0.25) is 0 Å². The summed E-state index contributed by atoms with van der Waals surface area (Å²) in [6, 6.07) is 19.1. The standard InChI is InChI=1S/C28H24F3N5O4S/c1-2-40-26(39)19-11-13-21(14-12-19)33-24(37)17-41-27-35-34-23(16-32-25(38)18-7-4-3-5-8-18)36(27)22-10-6-9-20(15-22)28(29,30)31/h3-15H,2,16-17H2,1H3,(H,32,38)(H,33,37). The SMILES string of the molecule is CCOC(=O)c1ccc(NC(=O)CSc2nnc(CNC(=O)c3ccccc3)n2-c2cccc(C(F)(F)F)c2)cc1. The van der Waals surface area contributed by atoms with Gasteiger partial charge in [-0.15, -0.1) is 10.2 Å². The molecule has 0 fully saturated rings. The van der Waals surface area contributed by atoms with Crippen molar-refractivity contribution in [1.82, 2.24) is 20.1 Å². The molecule has 1 heterocycles. The third-order valence-electron chi connectivity index (χ3n) is 5.59. The van der Waals surface area contributed by atoms with E-state index in [-0.39, 0.29) is 35.6 Å². The number of halogens is 3. The Hall–Kier alpha value is -4.65. The topological polar surface area (TPSA) is 115 Å². The van der Waals surface area contributed by atoms with Gasteiger partial charge in [0.05, 0.1) is 35.7 Å². The fourth-order valence-electron chi connectivity index (χ4n) is 3.67. The lowest BCUT2D eigenvalue weighted by molar-refractivity contribution is -0.137. The maximum atomic E-state index is 13.4. The smallest absolute Gasteiger partial charge is 0.416 e. The van der Waals surface area contributed by atoms with Gasteiger partial charge in [-0.25, -0.2) is 4.79 Å². The minimum absolute atomic E-state index is 0.117. The summed E-state index contributed by atoms with van der Waals surface area (Å²) in [5.41, 5.74) is 0.418. The van der Waals surface area contributed by atoms with Crippen LogP contribution in [0.4, 0.5) is 18.9 Å². The monoisotopic (exact) mass is 583 g/mol. The molecule has 0 aliphatic rings. The molecule has 0 saturated carbocycles. The highest BCUT2D eigenvalue weighted by Crippen LogP contribution is 2.31. The molecule has 13 heteroatoms. The van der Waals surface area contributed by atoms with Crippen LogP contribution < -0.4 is 10.6 Å². The number of nitrogens with zero attached hydrogens (tertiary/aromatic N) is 3. The zero-order valence-electron chi connectivity index (χ0n) is 21.6. The molecule has 212 valence electrons. The number of aromatic nitrogens is 3. The Labute approximate surface area is 237 Å². The first-order chi connectivity index (χ1) is 19.7. The predicted molar refractivity (Wildman–Crippen MR) is 146 cm³/mol. The van der Waals surface area contributed by atoms with Crippen LogP contribution in [0.25, 0.3) is 5.69 Å². The molecule has 2 amide bonds. The number of carbonyl (C=O) groups is 3. The van der Waals surface area contributed by atoms with Crippen LogP contribution in [0.1, 0.15) is 39.0 Å². The van der Waals surface area contributed by atoms with Gasteiger partial charge in [0.1, 0.15) is 0 Å². The fourth-order valence-corrected chi connectivity index (χ4v) is 4.44. The van der Waals surface area contributed by atoms with Crippen LogP contribution in [-0.2, 0) is 22.3 Å². The number of nitrogens with one attached hydrogen (secondary N) is 2. The van der Waals surface area contributed by atoms with E-state index >= 15 is 0 Å². The van der Waals surface area contributed by atoms with Gasteiger partial charge in [0, 0.05) is 11.3 Å². The molecule has 0 bridgehead atoms. The average molecular weight is 584 g/mol. The van der Waals surface area contributed by atoms with Gasteiger partial charge in [-0.1, -0.05) is 36.0 Å². The Morgan fingerprint density at radius 2 is 1.66 bits per heavy atom. The van der Waals surface area contributed by atoms with Crippen molar-refractivity contribution < 1.29 is 32.3 Å². The molecule has 41 heavy (non-hydrogen) atoms. The first kappa shape index (κ1) is 29.3. The number of thioether (sulfide) groups is 1. The van der Waals surface area contributed by atoms with Crippen LogP contribution in [0.5, 0.6) is 0 Å². The summed E-state index contributed by atoms with van der Waals surface area (Å²) in [4.78, 5) is 37.0. The second-order valence-electron chi connectivity index (χ2n) is 8.47. The number of hydrogen-bond acceptors (Lipinski definition) is 7. The van der Waals surface area contributed by atoms with E-state index in [1.165, 1.54) is 28.8 Å². The summed E-state index contributed by atoms with van der Waals surface area (Å²) in [6.45, 7) is 1.80. The summed E-state index contributed by atoms with van der Waals surface area (Å²) >= 11 is 0.958. The third-order valence-corrected chi connectivity index (χ3v) is 6.52. The maximum Gasteiger partial charge on any atom is 0.416 e. The molecule has 0 spiro atoms. The molecule has 9 nitrogen and oxygen atoms in total. The summed E-state index contributed by atoms with van der Waals surface area (Å²) in [5, 5.41) is 13.7. The van der Waals surface area contributed by atoms with Crippen LogP contribution in [0.15, 0.2) is 84.0 Å². The molecule has 3 aromatic carbocycles. The van der Waals surface area contributed by atoms with Crippen molar-refractivity contribution in [3.63, 3.8) is 0 Å². The predicted octanol–water partition coefficient (Wildman–Crippen LogP) is 5.12. The normalized spacial score (nSPS) is 11.1. The molecule has 0 aliphatic carbocycles. The van der Waals surface area contributed by atoms with Crippen molar-refractivity contribution in [2.45, 2.75) is 24.8 Å². The van der Waals surface area contributed by atoms with Gasteiger partial charge in [0.2, 0.25) is 5.91 Å². The minimum atomic E-state index is -4.58. The second-order valence-corrected chi connectivity index (χ2v) is 9.41. The van der Waals surface area contributed by atoms with Gasteiger partial charge in [0.25, 0.3) is 5.91 Å². The Balaban J connectivity index is 1.51. The molecule has 0 saturated heterocycles. The number of alkyl halides is 3. The number of rotatable bonds is 10. The highest BCUT2D eigenvalue weighted by molar-refractivity contribution is 7.99. The van der Waals surface area contributed by atoms with Crippen molar-refractivity contribution in [3.05, 3.63) is 101 Å². The molecule has 4 rings (SSSR count). The van der Waals surface area contributed by atoms with E-state index in [2.05, 4.69) is 20.8 Å². The lowest BCUT2D eigenvalue weighted by Gasteiger charge is -2.13. The van der Waals surface area contributed by atoms with Crippen molar-refractivity contribution in [2.75, 3.05) is 17.7 Å². The van der Waals surface area contributed by atoms with Crippen LogP contribution >= 0.6 is 11.8 Å². The number of benzene rings is 3. The lowest BCUT2D eigenvalue weighted by Crippen LogP contribution is -2.24. The molecular weight excluding hydrogens is 559 g/mol. The molecule has 0 aliphatic heterocycles. The van der Waals surface area contributed by atoms with Crippen molar-refractivity contribution in [3.8, 4) is 5.69 Å². The third kappa shape index (κ3) is 7.72. The van der Waals surface area contributed by atoms with E-state index in [9.17, 15) is 27.6 Å². The van der Waals surface area contributed by atoms with E-state index in [4.69, 9.17) is 4.74 Å². The highest BCUT2D eigenvalue weighted by atomic mass is 32.2. The molecule has 0 atom stereocenters. The number of carbonyl (C=O) groups excluding carboxylic acids is 3. The zero-order chi connectivity index (χ0) is 29.4. The Morgan fingerprint density at radius 1 is 0.927 bits per heavy atom. The number of anilines is 1. The highest BCUT2D eigenvalue weighted by Gasteiger charge is 2.31. The van der Waals surface area contributed by atoms with Gasteiger partial charge >= 0.3 is 12.1 Å². The van der Waals surface area contributed by atoms with Crippen molar-refractivity contribution >= 4 is 35.2 Å². The summed E-state index contributed by atoms with van der Waals surface area (Å²) in [7, 11) is 0. The van der Waals surface area contributed by atoms with Gasteiger partial charge in [0.15, 0.2) is 11.0 Å². The Bertz CT molecular complexity index is 1530. The fraction of sp³-hybridized carbons (Fsp3) is 0.179. The van der Waals surface area contributed by atoms with Crippen LogP contribution in [0, 0.1) is 0 Å². The molecule has 2 N–H and O–H groups in total. The summed E-state index contributed by atoms with van der Waals surface area (Å²) < 4.78 is 46.6. The first-order valence-electron chi connectivity index (χ1n) is 12.3. The minimum Gasteiger partial charge on any atom is -0.462 e. The second kappa shape index (κ2) is 13.1. The van der Waals surface area contributed by atoms with Gasteiger partial charge < -0.3 is 15.4 Å². The molecule has 1 aromatic heterocycles. The summed E-state index contributed by atoms with van der Waals surface area (Å²) in [5.74, 6) is -1.27. The van der Waals surface area contributed by atoms with Crippen molar-refractivity contribution in [1.29, 1.82) is 0 Å². The number of esters is 1. The van der Waals surface area contributed by atoms with E-state index in [1.807, 2.05) is 0 Å². The molecular formula is C28H24F3N5O4S. The van der Waals surface area contributed by atoms with Crippen molar-refractivity contribution in [2.24, 2.45) is 0 Å². The van der Waals surface area contributed by atoms with E-state index in [1.54, 1.807) is 49.4 Å². The van der Waals surface area contributed by atoms with E-state index in [0.29, 0.717) is 16.8 Å². The lowest BCUT2D eigenvalue weighted by atomic mass is 10.2. The van der Waals surface area contributed by atoms with Gasteiger partial charge in [-0.2, -0.15) is 13.2 Å². The molecule has 0 unspecified atom stereocenters. The largest absolute Gasteiger partial charge is 0.462 e. The first-order valence-corrected chi connectivity index (χ1v) is 13.3. The molecule has 0 radical (unpaired) electrons. The Kier molecular flexibility index (Phi) is 9.40. The average Bonchev–Trinajstić information content (AvgIpc) is 3.38.